The van der Waals surface area contributed by atoms with Crippen LogP contribution in [0, 0.1) is 0 Å². The first kappa shape index (κ1) is 31.7. The Bertz CT molecular complexity index is 1710. The van der Waals surface area contributed by atoms with Gasteiger partial charge >= 0.3 is 5.97 Å². The Morgan fingerprint density at radius 3 is 2.16 bits per heavy atom. The minimum Gasteiger partial charge on any atom is -0.478 e. The molecule has 0 spiro atoms. The van der Waals surface area contributed by atoms with Crippen molar-refractivity contribution in [3.05, 3.63) is 128 Å². The van der Waals surface area contributed by atoms with Gasteiger partial charge in [-0.2, -0.15) is 0 Å². The second-order valence-electron chi connectivity index (χ2n) is 8.84. The maximum absolute atomic E-state index is 13.3. The third-order valence-electron chi connectivity index (χ3n) is 5.77. The molecule has 218 valence electrons. The number of rotatable bonds is 10. The molecule has 0 atom stereocenters. The molecule has 0 aliphatic carbocycles. The highest BCUT2D eigenvalue weighted by Gasteiger charge is 2.17. The molecule has 0 aliphatic rings. The number of aromatic carboxylic acids is 1. The van der Waals surface area contributed by atoms with Gasteiger partial charge in [0.25, 0.3) is 11.8 Å². The fourth-order valence-electron chi connectivity index (χ4n) is 3.68. The standard InChI is InChI=1S/C31H22Cl3N3O5S/c32-24-14-11-21(16-23(24)31(41)42)35-27(38)17-43-22-12-9-20(10-13-22)36-30(40)26(15-19-7-4-8-25(33)28(19)34)37-29(39)18-5-2-1-3-6-18/h1-16H,17H2,(H,35,38)(H,36,40)(H,37,39)(H,41,42)/b26-15-. The Kier molecular flexibility index (Phi) is 10.9. The van der Waals surface area contributed by atoms with Crippen molar-refractivity contribution in [1.82, 2.24) is 5.32 Å². The summed E-state index contributed by atoms with van der Waals surface area (Å²) in [5.41, 5.74) is 1.39. The van der Waals surface area contributed by atoms with E-state index in [0.717, 1.165) is 4.90 Å². The summed E-state index contributed by atoms with van der Waals surface area (Å²) in [7, 11) is 0. The van der Waals surface area contributed by atoms with Crippen LogP contribution in [-0.2, 0) is 9.59 Å². The highest BCUT2D eigenvalue weighted by atomic mass is 35.5. The first-order chi connectivity index (χ1) is 20.6. The van der Waals surface area contributed by atoms with Crippen molar-refractivity contribution in [2.75, 3.05) is 16.4 Å². The van der Waals surface area contributed by atoms with Crippen LogP contribution in [0.4, 0.5) is 11.4 Å². The van der Waals surface area contributed by atoms with Crippen LogP contribution in [0.3, 0.4) is 0 Å². The Morgan fingerprint density at radius 2 is 1.47 bits per heavy atom. The molecule has 0 radical (unpaired) electrons. The van der Waals surface area contributed by atoms with Crippen molar-refractivity contribution in [3.8, 4) is 0 Å². The van der Waals surface area contributed by atoms with Crippen molar-refractivity contribution in [2.24, 2.45) is 0 Å². The van der Waals surface area contributed by atoms with E-state index in [1.165, 1.54) is 36.0 Å². The minimum absolute atomic E-state index is 0.0511. The predicted molar refractivity (Wildman–Crippen MR) is 171 cm³/mol. The van der Waals surface area contributed by atoms with Gasteiger partial charge in [0.1, 0.15) is 5.70 Å². The van der Waals surface area contributed by atoms with Crippen molar-refractivity contribution in [3.63, 3.8) is 0 Å². The van der Waals surface area contributed by atoms with Gasteiger partial charge in [-0.05, 0) is 72.3 Å². The number of carboxylic acid groups (broad SMARTS) is 1. The van der Waals surface area contributed by atoms with Crippen LogP contribution in [0.1, 0.15) is 26.3 Å². The summed E-state index contributed by atoms with van der Waals surface area (Å²) in [4.78, 5) is 50.5. The van der Waals surface area contributed by atoms with Crippen LogP contribution in [0.15, 0.2) is 102 Å². The monoisotopic (exact) mass is 653 g/mol. The Morgan fingerprint density at radius 1 is 0.767 bits per heavy atom. The molecule has 0 aliphatic heterocycles. The van der Waals surface area contributed by atoms with Crippen LogP contribution in [0.2, 0.25) is 15.1 Å². The zero-order valence-corrected chi connectivity index (χ0v) is 25.2. The summed E-state index contributed by atoms with van der Waals surface area (Å²) < 4.78 is 0. The van der Waals surface area contributed by atoms with Gasteiger partial charge in [0.15, 0.2) is 0 Å². The summed E-state index contributed by atoms with van der Waals surface area (Å²) in [6, 6.07) is 24.3. The average Bonchev–Trinajstić information content (AvgIpc) is 3.00. The van der Waals surface area contributed by atoms with E-state index in [0.29, 0.717) is 27.5 Å². The molecule has 0 saturated carbocycles. The normalized spacial score (nSPS) is 11.0. The number of carbonyl (C=O) groups is 4. The molecule has 4 aromatic rings. The summed E-state index contributed by atoms with van der Waals surface area (Å²) in [6.45, 7) is 0. The maximum atomic E-state index is 13.3. The zero-order valence-electron chi connectivity index (χ0n) is 22.1. The lowest BCUT2D eigenvalue weighted by Crippen LogP contribution is -2.30. The molecule has 0 bridgehead atoms. The summed E-state index contributed by atoms with van der Waals surface area (Å²) in [6.07, 6.45) is 1.44. The number of amides is 3. The van der Waals surface area contributed by atoms with Crippen molar-refractivity contribution in [2.45, 2.75) is 4.90 Å². The maximum Gasteiger partial charge on any atom is 0.337 e. The van der Waals surface area contributed by atoms with Gasteiger partial charge in [-0.3, -0.25) is 14.4 Å². The molecular formula is C31H22Cl3N3O5S. The highest BCUT2D eigenvalue weighted by molar-refractivity contribution is 8.00. The lowest BCUT2D eigenvalue weighted by Gasteiger charge is -2.12. The second kappa shape index (κ2) is 14.8. The molecule has 0 heterocycles. The van der Waals surface area contributed by atoms with E-state index in [2.05, 4.69) is 16.0 Å². The first-order valence-corrected chi connectivity index (χ1v) is 14.6. The lowest BCUT2D eigenvalue weighted by atomic mass is 10.1. The number of hydrogen-bond donors (Lipinski definition) is 4. The van der Waals surface area contributed by atoms with Crippen molar-refractivity contribution >= 4 is 87.7 Å². The van der Waals surface area contributed by atoms with Gasteiger partial charge in [-0.15, -0.1) is 11.8 Å². The molecule has 8 nitrogen and oxygen atoms in total. The van der Waals surface area contributed by atoms with Crippen molar-refractivity contribution < 1.29 is 24.3 Å². The Hall–Kier alpha value is -4.28. The van der Waals surface area contributed by atoms with Gasteiger partial charge in [0.05, 0.1) is 26.4 Å². The van der Waals surface area contributed by atoms with E-state index in [4.69, 9.17) is 34.8 Å². The quantitative estimate of drug-likeness (QED) is 0.104. The molecule has 4 rings (SSSR count). The number of thioether (sulfide) groups is 1. The van der Waals surface area contributed by atoms with Crippen LogP contribution >= 0.6 is 46.6 Å². The third kappa shape index (κ3) is 8.86. The number of hydrogen-bond acceptors (Lipinski definition) is 5. The largest absolute Gasteiger partial charge is 0.478 e. The van der Waals surface area contributed by atoms with Gasteiger partial charge in [0.2, 0.25) is 5.91 Å². The molecule has 43 heavy (non-hydrogen) atoms. The van der Waals surface area contributed by atoms with E-state index < -0.39 is 17.8 Å². The molecule has 0 aromatic heterocycles. The smallest absolute Gasteiger partial charge is 0.337 e. The Balaban J connectivity index is 1.42. The van der Waals surface area contributed by atoms with Crippen LogP contribution in [0.25, 0.3) is 6.08 Å². The Labute approximate surface area is 266 Å². The highest BCUT2D eigenvalue weighted by Crippen LogP contribution is 2.28. The summed E-state index contributed by atoms with van der Waals surface area (Å²) >= 11 is 19.6. The van der Waals surface area contributed by atoms with E-state index >= 15 is 0 Å². The van der Waals surface area contributed by atoms with E-state index in [1.807, 2.05) is 0 Å². The fourth-order valence-corrected chi connectivity index (χ4v) is 4.93. The van der Waals surface area contributed by atoms with Crippen molar-refractivity contribution in [1.29, 1.82) is 0 Å². The van der Waals surface area contributed by atoms with Gasteiger partial charge < -0.3 is 21.1 Å². The van der Waals surface area contributed by atoms with E-state index in [-0.39, 0.29) is 33.0 Å². The second-order valence-corrected chi connectivity index (χ2v) is 11.1. The van der Waals surface area contributed by atoms with Crippen LogP contribution in [0.5, 0.6) is 0 Å². The summed E-state index contributed by atoms with van der Waals surface area (Å²) in [5.74, 6) is -2.57. The number of benzene rings is 4. The minimum atomic E-state index is -1.20. The molecule has 3 amide bonds. The number of carboxylic acids is 1. The molecule has 4 N–H and O–H groups in total. The predicted octanol–water partition coefficient (Wildman–Crippen LogP) is 7.49. The number of halogens is 3. The van der Waals surface area contributed by atoms with Gasteiger partial charge in [-0.25, -0.2) is 4.79 Å². The fraction of sp³-hybridized carbons (Fsp3) is 0.0323. The SMILES string of the molecule is O=C(CSc1ccc(NC(=O)/C(=C/c2cccc(Cl)c2Cl)NC(=O)c2ccccc2)cc1)Nc1ccc(Cl)c(C(=O)O)c1. The zero-order chi connectivity index (χ0) is 30.9. The summed E-state index contributed by atoms with van der Waals surface area (Å²) in [5, 5.41) is 17.8. The number of nitrogens with one attached hydrogen (secondary N) is 3. The van der Waals surface area contributed by atoms with Gasteiger partial charge in [-0.1, -0.05) is 65.1 Å². The molecule has 0 fully saturated rings. The average molecular weight is 655 g/mol. The number of anilines is 2. The lowest BCUT2D eigenvalue weighted by molar-refractivity contribution is -0.114. The van der Waals surface area contributed by atoms with Crippen LogP contribution in [-0.4, -0.2) is 34.6 Å². The van der Waals surface area contributed by atoms with E-state index in [9.17, 15) is 24.3 Å². The third-order valence-corrected chi connectivity index (χ3v) is 7.95. The van der Waals surface area contributed by atoms with Crippen LogP contribution < -0.4 is 16.0 Å². The molecule has 12 heteroatoms. The molecule has 4 aromatic carbocycles. The van der Waals surface area contributed by atoms with E-state index in [1.54, 1.807) is 72.8 Å². The molecular weight excluding hydrogens is 633 g/mol. The molecule has 0 unspecified atom stereocenters. The molecule has 0 saturated heterocycles. The topological polar surface area (TPSA) is 125 Å². The number of carbonyl (C=O) groups excluding carboxylic acids is 3. The first-order valence-electron chi connectivity index (χ1n) is 12.5. The van der Waals surface area contributed by atoms with Gasteiger partial charge in [0, 0.05) is 21.8 Å².